The van der Waals surface area contributed by atoms with E-state index in [1.807, 2.05) is 19.9 Å². The number of rotatable bonds is 6. The van der Waals surface area contributed by atoms with Crippen LogP contribution in [0.5, 0.6) is 0 Å². The maximum atomic E-state index is 13.1. The molecule has 0 unspecified atom stereocenters. The number of aromatic nitrogens is 3. The summed E-state index contributed by atoms with van der Waals surface area (Å²) in [5.74, 6) is -1.54. The van der Waals surface area contributed by atoms with Gasteiger partial charge in [-0.1, -0.05) is 56.3 Å². The normalized spacial score (nSPS) is 12.2. The van der Waals surface area contributed by atoms with Crippen molar-refractivity contribution >= 4 is 29.1 Å². The Kier molecular flexibility index (Phi) is 6.19. The molecule has 1 N–H and O–H groups in total. The molecule has 0 aliphatic heterocycles. The van der Waals surface area contributed by atoms with E-state index >= 15 is 0 Å². The molecule has 184 valence electrons. The van der Waals surface area contributed by atoms with Gasteiger partial charge in [-0.2, -0.15) is 5.10 Å². The van der Waals surface area contributed by atoms with Gasteiger partial charge in [0.05, 0.1) is 23.1 Å². The number of hydrogen-bond acceptors (Lipinski definition) is 7. The van der Waals surface area contributed by atoms with Crippen LogP contribution in [0.15, 0.2) is 73.1 Å². The molecular weight excluding hydrogens is 472 g/mol. The van der Waals surface area contributed by atoms with Gasteiger partial charge in [-0.05, 0) is 24.1 Å². The minimum atomic E-state index is -0.712. The highest BCUT2D eigenvalue weighted by atomic mass is 16.5. The van der Waals surface area contributed by atoms with Crippen LogP contribution in [-0.4, -0.2) is 44.8 Å². The van der Waals surface area contributed by atoms with E-state index in [1.165, 1.54) is 12.3 Å². The Balaban J connectivity index is 1.33. The van der Waals surface area contributed by atoms with Crippen LogP contribution in [0.2, 0.25) is 0 Å². The van der Waals surface area contributed by atoms with E-state index in [9.17, 15) is 19.2 Å². The van der Waals surface area contributed by atoms with Crippen molar-refractivity contribution in [2.45, 2.75) is 19.8 Å². The van der Waals surface area contributed by atoms with Crippen molar-refractivity contribution in [3.8, 4) is 5.82 Å². The van der Waals surface area contributed by atoms with Crippen LogP contribution < -0.4 is 5.32 Å². The predicted molar refractivity (Wildman–Crippen MR) is 134 cm³/mol. The summed E-state index contributed by atoms with van der Waals surface area (Å²) in [6.07, 6.45) is 3.02. The molecule has 2 aromatic carbocycles. The molecule has 5 rings (SSSR count). The zero-order valence-corrected chi connectivity index (χ0v) is 20.1. The van der Waals surface area contributed by atoms with Crippen molar-refractivity contribution in [1.29, 1.82) is 0 Å². The second-order valence-corrected chi connectivity index (χ2v) is 8.75. The Hall–Kier alpha value is -4.92. The zero-order chi connectivity index (χ0) is 26.1. The monoisotopic (exact) mass is 494 g/mol. The lowest BCUT2D eigenvalue weighted by Crippen LogP contribution is -2.26. The summed E-state index contributed by atoms with van der Waals surface area (Å²) in [6.45, 7) is 3.23. The lowest BCUT2D eigenvalue weighted by molar-refractivity contribution is -0.119. The molecule has 0 bridgehead atoms. The molecule has 1 aliphatic carbocycles. The Bertz CT molecular complexity index is 1560. The van der Waals surface area contributed by atoms with Crippen LogP contribution in [0.3, 0.4) is 0 Å². The number of esters is 1. The fourth-order valence-corrected chi connectivity index (χ4v) is 4.38. The number of carbonyl (C=O) groups is 4. The zero-order valence-electron chi connectivity index (χ0n) is 20.1. The molecule has 0 saturated carbocycles. The van der Waals surface area contributed by atoms with Gasteiger partial charge >= 0.3 is 5.97 Å². The number of amides is 1. The summed E-state index contributed by atoms with van der Waals surface area (Å²) < 4.78 is 6.84. The van der Waals surface area contributed by atoms with Crippen LogP contribution in [0.25, 0.3) is 5.82 Å². The first-order valence-electron chi connectivity index (χ1n) is 11.6. The van der Waals surface area contributed by atoms with E-state index < -0.39 is 18.5 Å². The highest BCUT2D eigenvalue weighted by Gasteiger charge is 2.32. The summed E-state index contributed by atoms with van der Waals surface area (Å²) in [5, 5.41) is 6.90. The number of carbonyl (C=O) groups excluding carboxylic acids is 4. The van der Waals surface area contributed by atoms with E-state index in [4.69, 9.17) is 4.74 Å². The molecule has 4 aromatic rings. The summed E-state index contributed by atoms with van der Waals surface area (Å²) in [6, 6.07) is 16.6. The van der Waals surface area contributed by atoms with Crippen molar-refractivity contribution < 1.29 is 23.9 Å². The number of nitrogens with zero attached hydrogens (tertiary/aromatic N) is 3. The average molecular weight is 495 g/mol. The standard InChI is InChI=1S/C28H22N4O5/c1-16(2)25-20(14-30-32(25)22-12-5-6-13-29-22)28(36)37-15-23(33)31-21-11-7-10-19-24(21)27(35)18-9-4-3-8-17(18)26(19)34/h3-14,16H,15H2,1-2H3,(H,31,33). The number of benzene rings is 2. The molecule has 9 heteroatoms. The average Bonchev–Trinajstić information content (AvgIpc) is 3.37. The van der Waals surface area contributed by atoms with E-state index in [-0.39, 0.29) is 45.4 Å². The smallest absolute Gasteiger partial charge is 0.342 e. The molecule has 0 atom stereocenters. The fourth-order valence-electron chi connectivity index (χ4n) is 4.38. The fraction of sp³-hybridized carbons (Fsp3) is 0.143. The lowest BCUT2D eigenvalue weighted by atomic mass is 9.83. The number of fused-ring (bicyclic) bond motifs is 2. The van der Waals surface area contributed by atoms with Gasteiger partial charge in [0.15, 0.2) is 24.0 Å². The van der Waals surface area contributed by atoms with Crippen LogP contribution in [0.1, 0.15) is 67.7 Å². The third kappa shape index (κ3) is 4.31. The van der Waals surface area contributed by atoms with Crippen LogP contribution in [0.4, 0.5) is 5.69 Å². The minimum Gasteiger partial charge on any atom is -0.452 e. The molecule has 1 aliphatic rings. The number of hydrogen-bond donors (Lipinski definition) is 1. The Morgan fingerprint density at radius 2 is 1.62 bits per heavy atom. The molecule has 0 spiro atoms. The van der Waals surface area contributed by atoms with Gasteiger partial charge in [0.25, 0.3) is 5.91 Å². The van der Waals surface area contributed by atoms with Gasteiger partial charge in [0, 0.05) is 22.9 Å². The maximum absolute atomic E-state index is 13.1. The molecule has 0 radical (unpaired) electrons. The molecule has 2 heterocycles. The third-order valence-corrected chi connectivity index (χ3v) is 6.00. The van der Waals surface area contributed by atoms with Gasteiger partial charge < -0.3 is 10.1 Å². The van der Waals surface area contributed by atoms with E-state index in [0.29, 0.717) is 17.1 Å². The van der Waals surface area contributed by atoms with Crippen molar-refractivity contribution in [2.24, 2.45) is 0 Å². The van der Waals surface area contributed by atoms with Crippen LogP contribution in [-0.2, 0) is 9.53 Å². The SMILES string of the molecule is CC(C)c1c(C(=O)OCC(=O)Nc2cccc3c2C(=O)c2ccccc2C3=O)cnn1-c1ccccn1. The first-order valence-corrected chi connectivity index (χ1v) is 11.6. The van der Waals surface area contributed by atoms with Crippen molar-refractivity contribution in [1.82, 2.24) is 14.8 Å². The largest absolute Gasteiger partial charge is 0.452 e. The molecule has 37 heavy (non-hydrogen) atoms. The van der Waals surface area contributed by atoms with Crippen molar-refractivity contribution in [3.63, 3.8) is 0 Å². The van der Waals surface area contributed by atoms with E-state index in [0.717, 1.165) is 0 Å². The van der Waals surface area contributed by atoms with Crippen LogP contribution >= 0.6 is 0 Å². The predicted octanol–water partition coefficient (Wildman–Crippen LogP) is 3.96. The molecule has 1 amide bonds. The Labute approximate surface area is 212 Å². The topological polar surface area (TPSA) is 120 Å². The molecule has 0 saturated heterocycles. The molecule has 0 fully saturated rings. The van der Waals surface area contributed by atoms with Gasteiger partial charge in [-0.15, -0.1) is 0 Å². The number of anilines is 1. The Morgan fingerprint density at radius 3 is 2.32 bits per heavy atom. The van der Waals surface area contributed by atoms with Gasteiger partial charge in [0.2, 0.25) is 0 Å². The van der Waals surface area contributed by atoms with E-state index in [1.54, 1.807) is 59.4 Å². The second-order valence-electron chi connectivity index (χ2n) is 8.75. The van der Waals surface area contributed by atoms with Gasteiger partial charge in [-0.25, -0.2) is 14.5 Å². The highest BCUT2D eigenvalue weighted by Crippen LogP contribution is 2.32. The quantitative estimate of drug-likeness (QED) is 0.355. The summed E-state index contributed by atoms with van der Waals surface area (Å²) in [7, 11) is 0. The summed E-state index contributed by atoms with van der Waals surface area (Å²) in [4.78, 5) is 55.9. The minimum absolute atomic E-state index is 0.0804. The number of nitrogens with one attached hydrogen (secondary N) is 1. The second kappa shape index (κ2) is 9.62. The van der Waals surface area contributed by atoms with E-state index in [2.05, 4.69) is 15.4 Å². The van der Waals surface area contributed by atoms with Gasteiger partial charge in [-0.3, -0.25) is 14.4 Å². The molecular formula is C28H22N4O5. The van der Waals surface area contributed by atoms with Crippen molar-refractivity contribution in [3.05, 3.63) is 107 Å². The highest BCUT2D eigenvalue weighted by molar-refractivity contribution is 6.30. The lowest BCUT2D eigenvalue weighted by Gasteiger charge is -2.20. The summed E-state index contributed by atoms with van der Waals surface area (Å²) in [5.41, 5.74) is 1.93. The number of ketones is 2. The first-order chi connectivity index (χ1) is 17.9. The first kappa shape index (κ1) is 23.8. The third-order valence-electron chi connectivity index (χ3n) is 6.00. The van der Waals surface area contributed by atoms with Gasteiger partial charge in [0.1, 0.15) is 5.56 Å². The summed E-state index contributed by atoms with van der Waals surface area (Å²) >= 11 is 0. The molecule has 2 aromatic heterocycles. The van der Waals surface area contributed by atoms with Crippen LogP contribution in [0, 0.1) is 0 Å². The number of pyridine rings is 1. The maximum Gasteiger partial charge on any atom is 0.342 e. The Morgan fingerprint density at radius 1 is 0.919 bits per heavy atom. The van der Waals surface area contributed by atoms with Crippen molar-refractivity contribution in [2.75, 3.05) is 11.9 Å². The molecule has 9 nitrogen and oxygen atoms in total. The number of ether oxygens (including phenoxy) is 1.